The first-order valence-electron chi connectivity index (χ1n) is 6.01. The first-order chi connectivity index (χ1) is 7.54. The van der Waals surface area contributed by atoms with Crippen LogP contribution in [0.5, 0.6) is 0 Å². The van der Waals surface area contributed by atoms with Crippen molar-refractivity contribution in [3.8, 4) is 0 Å². The lowest BCUT2D eigenvalue weighted by molar-refractivity contribution is -0.146. The van der Waals surface area contributed by atoms with Crippen molar-refractivity contribution in [1.29, 1.82) is 0 Å². The van der Waals surface area contributed by atoms with Gasteiger partial charge in [-0.05, 0) is 52.9 Å². The lowest BCUT2D eigenvalue weighted by Gasteiger charge is -2.33. The Balaban J connectivity index is 2.33. The van der Waals surface area contributed by atoms with Crippen molar-refractivity contribution >= 4 is 5.97 Å². The molecule has 0 spiro atoms. The molecule has 1 aliphatic rings. The molecule has 1 fully saturated rings. The molecule has 0 aliphatic carbocycles. The molecule has 1 atom stereocenters. The minimum Gasteiger partial charge on any atom is -0.468 e. The Kier molecular flexibility index (Phi) is 5.22. The van der Waals surface area contributed by atoms with Gasteiger partial charge in [-0.3, -0.25) is 9.69 Å². The molecule has 0 N–H and O–H groups in total. The van der Waals surface area contributed by atoms with Crippen LogP contribution in [-0.4, -0.2) is 62.7 Å². The number of nitrogens with zero attached hydrogens (tertiary/aromatic N) is 2. The summed E-state index contributed by atoms with van der Waals surface area (Å²) >= 11 is 0. The topological polar surface area (TPSA) is 32.8 Å². The third-order valence-corrected chi connectivity index (χ3v) is 3.59. The molecule has 1 rings (SSSR count). The smallest absolute Gasteiger partial charge is 0.322 e. The number of likely N-dealkylation sites (tertiary alicyclic amines) is 1. The van der Waals surface area contributed by atoms with Gasteiger partial charge in [0.25, 0.3) is 0 Å². The van der Waals surface area contributed by atoms with E-state index in [1.54, 1.807) is 0 Å². The van der Waals surface area contributed by atoms with Crippen molar-refractivity contribution in [1.82, 2.24) is 9.80 Å². The number of hydrogen-bond acceptors (Lipinski definition) is 4. The molecule has 16 heavy (non-hydrogen) atoms. The molecule has 0 aromatic carbocycles. The van der Waals surface area contributed by atoms with Gasteiger partial charge in [0.1, 0.15) is 6.04 Å². The molecule has 1 saturated heterocycles. The molecular formula is C12H24N2O2. The quantitative estimate of drug-likeness (QED) is 0.667. The molecule has 0 aromatic rings. The van der Waals surface area contributed by atoms with Crippen LogP contribution in [0.15, 0.2) is 0 Å². The molecule has 0 saturated carbocycles. The monoisotopic (exact) mass is 228 g/mol. The summed E-state index contributed by atoms with van der Waals surface area (Å²) in [7, 11) is 5.61. The van der Waals surface area contributed by atoms with Crippen molar-refractivity contribution < 1.29 is 9.53 Å². The largest absolute Gasteiger partial charge is 0.468 e. The Labute approximate surface area is 98.5 Å². The van der Waals surface area contributed by atoms with E-state index >= 15 is 0 Å². The van der Waals surface area contributed by atoms with Gasteiger partial charge in [-0.15, -0.1) is 0 Å². The average molecular weight is 228 g/mol. The average Bonchev–Trinajstić information content (AvgIpc) is 2.30. The Morgan fingerprint density at radius 2 is 2.06 bits per heavy atom. The Morgan fingerprint density at radius 1 is 1.50 bits per heavy atom. The SMILES string of the molecule is COC(=O)C(C)N(C)CC1CCN(C)CC1. The highest BCUT2D eigenvalue weighted by atomic mass is 16.5. The minimum atomic E-state index is -0.143. The molecule has 4 heteroatoms. The summed E-state index contributed by atoms with van der Waals surface area (Å²) in [4.78, 5) is 15.8. The van der Waals surface area contributed by atoms with E-state index in [4.69, 9.17) is 4.74 Å². The number of likely N-dealkylation sites (N-methyl/N-ethyl adjacent to an activating group) is 1. The van der Waals surface area contributed by atoms with Crippen molar-refractivity contribution in [2.75, 3.05) is 40.8 Å². The minimum absolute atomic E-state index is 0.135. The van der Waals surface area contributed by atoms with E-state index in [2.05, 4.69) is 16.8 Å². The molecule has 1 aliphatic heterocycles. The maximum Gasteiger partial charge on any atom is 0.322 e. The lowest BCUT2D eigenvalue weighted by Crippen LogP contribution is -2.42. The van der Waals surface area contributed by atoms with Gasteiger partial charge in [0.15, 0.2) is 0 Å². The van der Waals surface area contributed by atoms with Gasteiger partial charge < -0.3 is 9.64 Å². The third-order valence-electron chi connectivity index (χ3n) is 3.59. The van der Waals surface area contributed by atoms with Crippen LogP contribution in [0, 0.1) is 5.92 Å². The van der Waals surface area contributed by atoms with Gasteiger partial charge in [0.05, 0.1) is 7.11 Å². The van der Waals surface area contributed by atoms with E-state index in [0.717, 1.165) is 6.54 Å². The fraction of sp³-hybridized carbons (Fsp3) is 0.917. The van der Waals surface area contributed by atoms with Crippen LogP contribution in [0.4, 0.5) is 0 Å². The van der Waals surface area contributed by atoms with Gasteiger partial charge in [0.2, 0.25) is 0 Å². The summed E-state index contributed by atoms with van der Waals surface area (Å²) < 4.78 is 4.75. The number of esters is 1. The second-order valence-electron chi connectivity index (χ2n) is 4.89. The first kappa shape index (κ1) is 13.5. The van der Waals surface area contributed by atoms with Crippen LogP contribution in [0.2, 0.25) is 0 Å². The molecule has 0 radical (unpaired) electrons. The number of methoxy groups -OCH3 is 1. The number of hydrogen-bond donors (Lipinski definition) is 0. The van der Waals surface area contributed by atoms with Crippen LogP contribution >= 0.6 is 0 Å². The van der Waals surface area contributed by atoms with Crippen molar-refractivity contribution in [3.63, 3.8) is 0 Å². The lowest BCUT2D eigenvalue weighted by atomic mass is 9.96. The van der Waals surface area contributed by atoms with Crippen LogP contribution in [0.25, 0.3) is 0 Å². The zero-order chi connectivity index (χ0) is 12.1. The van der Waals surface area contributed by atoms with E-state index in [1.165, 1.54) is 33.0 Å². The maximum atomic E-state index is 11.4. The van der Waals surface area contributed by atoms with Gasteiger partial charge >= 0.3 is 5.97 Å². The summed E-state index contributed by atoms with van der Waals surface area (Å²) in [5.74, 6) is 0.573. The normalized spacial score (nSPS) is 21.1. The molecule has 94 valence electrons. The predicted molar refractivity (Wildman–Crippen MR) is 64.3 cm³/mol. The van der Waals surface area contributed by atoms with Crippen LogP contribution in [0.3, 0.4) is 0 Å². The Bertz CT molecular complexity index is 225. The summed E-state index contributed by atoms with van der Waals surface area (Å²) in [6, 6.07) is -0.135. The molecular weight excluding hydrogens is 204 g/mol. The van der Waals surface area contributed by atoms with Crippen molar-refractivity contribution in [3.05, 3.63) is 0 Å². The summed E-state index contributed by atoms with van der Waals surface area (Å²) in [6.45, 7) is 5.24. The first-order valence-corrected chi connectivity index (χ1v) is 6.01. The van der Waals surface area contributed by atoms with Crippen molar-refractivity contribution in [2.45, 2.75) is 25.8 Å². The van der Waals surface area contributed by atoms with Crippen LogP contribution in [0.1, 0.15) is 19.8 Å². The van der Waals surface area contributed by atoms with E-state index in [9.17, 15) is 4.79 Å². The highest BCUT2D eigenvalue weighted by molar-refractivity contribution is 5.75. The van der Waals surface area contributed by atoms with Gasteiger partial charge in [-0.25, -0.2) is 0 Å². The van der Waals surface area contributed by atoms with Gasteiger partial charge in [0, 0.05) is 6.54 Å². The van der Waals surface area contributed by atoms with Crippen LogP contribution < -0.4 is 0 Å². The van der Waals surface area contributed by atoms with E-state index < -0.39 is 0 Å². The Morgan fingerprint density at radius 3 is 2.56 bits per heavy atom. The van der Waals surface area contributed by atoms with E-state index in [0.29, 0.717) is 5.92 Å². The fourth-order valence-electron chi connectivity index (χ4n) is 2.16. The number of carbonyl (C=O) groups excluding carboxylic acids is 1. The Hall–Kier alpha value is -0.610. The van der Waals surface area contributed by atoms with Crippen LogP contribution in [-0.2, 0) is 9.53 Å². The highest BCUT2D eigenvalue weighted by Gasteiger charge is 2.23. The number of ether oxygens (including phenoxy) is 1. The molecule has 0 aromatic heterocycles. The third kappa shape index (κ3) is 3.76. The molecule has 0 bridgehead atoms. The molecule has 4 nitrogen and oxygen atoms in total. The summed E-state index contributed by atoms with van der Waals surface area (Å²) in [6.07, 6.45) is 2.46. The van der Waals surface area contributed by atoms with Gasteiger partial charge in [-0.1, -0.05) is 0 Å². The number of piperidine rings is 1. The predicted octanol–water partition coefficient (Wildman–Crippen LogP) is 0.821. The fourth-order valence-corrected chi connectivity index (χ4v) is 2.16. The zero-order valence-electron chi connectivity index (χ0n) is 10.9. The zero-order valence-corrected chi connectivity index (χ0v) is 10.9. The number of rotatable bonds is 4. The second kappa shape index (κ2) is 6.21. The molecule has 0 amide bonds. The maximum absolute atomic E-state index is 11.4. The summed E-state index contributed by atoms with van der Waals surface area (Å²) in [5.41, 5.74) is 0. The highest BCUT2D eigenvalue weighted by Crippen LogP contribution is 2.17. The van der Waals surface area contributed by atoms with E-state index in [1.807, 2.05) is 14.0 Å². The summed E-state index contributed by atoms with van der Waals surface area (Å²) in [5, 5.41) is 0. The second-order valence-corrected chi connectivity index (χ2v) is 4.89. The van der Waals surface area contributed by atoms with Gasteiger partial charge in [-0.2, -0.15) is 0 Å². The van der Waals surface area contributed by atoms with E-state index in [-0.39, 0.29) is 12.0 Å². The molecule has 1 unspecified atom stereocenters. The number of carbonyl (C=O) groups is 1. The molecule has 1 heterocycles. The standard InChI is InChI=1S/C12H24N2O2/c1-10(12(15)16-4)14(3)9-11-5-7-13(2)8-6-11/h10-11H,5-9H2,1-4H3. The van der Waals surface area contributed by atoms with Crippen molar-refractivity contribution in [2.24, 2.45) is 5.92 Å².